The largest absolute Gasteiger partial charge is 0.455 e. The summed E-state index contributed by atoms with van der Waals surface area (Å²) in [7, 11) is 0. The Kier molecular flexibility index (Phi) is 5.96. The molecule has 8 aromatic carbocycles. The molecule has 3 heterocycles. The third-order valence-corrected chi connectivity index (χ3v) is 10.5. The van der Waals surface area contributed by atoms with E-state index in [0.29, 0.717) is 0 Å². The molecule has 3 aromatic heterocycles. The predicted molar refractivity (Wildman–Crippen MR) is 213 cm³/mol. The van der Waals surface area contributed by atoms with Crippen molar-refractivity contribution in [3.05, 3.63) is 182 Å². The first-order valence-electron chi connectivity index (χ1n) is 17.4. The van der Waals surface area contributed by atoms with E-state index in [0.717, 1.165) is 50.0 Å². The van der Waals surface area contributed by atoms with Crippen LogP contribution < -0.4 is 0 Å². The lowest BCUT2D eigenvalue weighted by atomic mass is 9.94. The van der Waals surface area contributed by atoms with Gasteiger partial charge in [0, 0.05) is 49.3 Å². The highest BCUT2D eigenvalue weighted by Crippen LogP contribution is 2.42. The minimum absolute atomic E-state index is 0.894. The van der Waals surface area contributed by atoms with Crippen LogP contribution in [-0.2, 0) is 0 Å². The molecule has 0 fully saturated rings. The fraction of sp³-hybridized carbons (Fsp3) is 0. The molecule has 51 heavy (non-hydrogen) atoms. The fourth-order valence-corrected chi connectivity index (χ4v) is 8.23. The average Bonchev–Trinajstić information content (AvgIpc) is 3.85. The molecule has 0 N–H and O–H groups in total. The number of benzene rings is 8. The van der Waals surface area contributed by atoms with Gasteiger partial charge >= 0.3 is 0 Å². The summed E-state index contributed by atoms with van der Waals surface area (Å²) in [6, 6.07) is 65.5. The van der Waals surface area contributed by atoms with Gasteiger partial charge in [-0.2, -0.15) is 0 Å². The van der Waals surface area contributed by atoms with Crippen LogP contribution in [0.25, 0.3) is 99.2 Å². The Morgan fingerprint density at radius 3 is 1.59 bits per heavy atom. The average molecular weight is 651 g/mol. The summed E-state index contributed by atoms with van der Waals surface area (Å²) in [5.41, 5.74) is 13.4. The second-order valence-electron chi connectivity index (χ2n) is 13.3. The first-order chi connectivity index (χ1) is 25.3. The van der Waals surface area contributed by atoms with Crippen LogP contribution in [0, 0.1) is 0 Å². The van der Waals surface area contributed by atoms with E-state index in [9.17, 15) is 0 Å². The molecule has 11 rings (SSSR count). The summed E-state index contributed by atoms with van der Waals surface area (Å²) in [6.07, 6.45) is 0. The number of rotatable bonds is 4. The van der Waals surface area contributed by atoms with E-state index in [4.69, 9.17) is 4.42 Å². The lowest BCUT2D eigenvalue weighted by Crippen LogP contribution is -1.94. The molecule has 0 spiro atoms. The Labute approximate surface area is 293 Å². The highest BCUT2D eigenvalue weighted by Gasteiger charge is 2.19. The highest BCUT2D eigenvalue weighted by atomic mass is 16.3. The SMILES string of the molecule is c1ccc(-n2c3ccccc3c3cc(-c4cc(-c5cccc(-n6c7ccccc7c7ccccc76)c5)c5oc6ccccc6c5c4)ccc32)cc1. The molecule has 0 atom stereocenters. The van der Waals surface area contributed by atoms with E-state index in [-0.39, 0.29) is 0 Å². The quantitative estimate of drug-likeness (QED) is 0.186. The lowest BCUT2D eigenvalue weighted by molar-refractivity contribution is 0.670. The van der Waals surface area contributed by atoms with Crippen LogP contribution in [0.5, 0.6) is 0 Å². The van der Waals surface area contributed by atoms with Gasteiger partial charge in [-0.1, -0.05) is 109 Å². The molecular formula is C48H30N2O. The monoisotopic (exact) mass is 650 g/mol. The number of hydrogen-bond donors (Lipinski definition) is 0. The van der Waals surface area contributed by atoms with Gasteiger partial charge in [0.25, 0.3) is 0 Å². The molecule has 3 heteroatoms. The van der Waals surface area contributed by atoms with Crippen LogP contribution in [0.2, 0.25) is 0 Å². The molecule has 0 aliphatic carbocycles. The third kappa shape index (κ3) is 4.19. The Morgan fingerprint density at radius 1 is 0.314 bits per heavy atom. The molecule has 0 aliphatic heterocycles. The molecule has 0 saturated heterocycles. The van der Waals surface area contributed by atoms with Gasteiger partial charge in [0.1, 0.15) is 11.2 Å². The molecule has 0 unspecified atom stereocenters. The summed E-state index contributed by atoms with van der Waals surface area (Å²) in [5, 5.41) is 7.22. The normalized spacial score (nSPS) is 11.9. The molecule has 238 valence electrons. The fourth-order valence-electron chi connectivity index (χ4n) is 8.23. The number of nitrogens with zero attached hydrogens (tertiary/aromatic N) is 2. The summed E-state index contributed by atoms with van der Waals surface area (Å²) >= 11 is 0. The Hall–Kier alpha value is -6.84. The molecular weight excluding hydrogens is 621 g/mol. The van der Waals surface area contributed by atoms with E-state index < -0.39 is 0 Å². The first-order valence-corrected chi connectivity index (χ1v) is 17.4. The number of aromatic nitrogens is 2. The van der Waals surface area contributed by atoms with Crippen LogP contribution in [0.3, 0.4) is 0 Å². The van der Waals surface area contributed by atoms with Crippen molar-refractivity contribution in [2.45, 2.75) is 0 Å². The van der Waals surface area contributed by atoms with Crippen molar-refractivity contribution in [2.24, 2.45) is 0 Å². The molecule has 11 aromatic rings. The van der Waals surface area contributed by atoms with Gasteiger partial charge in [-0.3, -0.25) is 0 Å². The predicted octanol–water partition coefficient (Wildman–Crippen LogP) is 13.1. The summed E-state index contributed by atoms with van der Waals surface area (Å²) in [4.78, 5) is 0. The summed E-state index contributed by atoms with van der Waals surface area (Å²) in [5.74, 6) is 0. The van der Waals surface area contributed by atoms with Crippen LogP contribution in [-0.4, -0.2) is 9.13 Å². The number of furan rings is 1. The maximum Gasteiger partial charge on any atom is 0.143 e. The maximum atomic E-state index is 6.67. The van der Waals surface area contributed by atoms with Gasteiger partial charge in [-0.25, -0.2) is 0 Å². The first kappa shape index (κ1) is 28.0. The van der Waals surface area contributed by atoms with Crippen molar-refractivity contribution in [3.8, 4) is 33.6 Å². The van der Waals surface area contributed by atoms with E-state index in [1.807, 2.05) is 6.07 Å². The van der Waals surface area contributed by atoms with Gasteiger partial charge in [-0.15, -0.1) is 0 Å². The van der Waals surface area contributed by atoms with Crippen LogP contribution >= 0.6 is 0 Å². The van der Waals surface area contributed by atoms with Crippen LogP contribution in [0.15, 0.2) is 186 Å². The highest BCUT2D eigenvalue weighted by molar-refractivity contribution is 6.14. The Morgan fingerprint density at radius 2 is 0.863 bits per heavy atom. The topological polar surface area (TPSA) is 23.0 Å². The van der Waals surface area contributed by atoms with Crippen molar-refractivity contribution < 1.29 is 4.42 Å². The molecule has 3 nitrogen and oxygen atoms in total. The molecule has 0 bridgehead atoms. The summed E-state index contributed by atoms with van der Waals surface area (Å²) < 4.78 is 11.4. The molecule has 0 saturated carbocycles. The number of para-hydroxylation sites is 5. The maximum absolute atomic E-state index is 6.67. The van der Waals surface area contributed by atoms with Crippen molar-refractivity contribution in [1.82, 2.24) is 9.13 Å². The summed E-state index contributed by atoms with van der Waals surface area (Å²) in [6.45, 7) is 0. The zero-order valence-corrected chi connectivity index (χ0v) is 27.6. The minimum atomic E-state index is 0.894. The van der Waals surface area contributed by atoms with E-state index in [1.54, 1.807) is 0 Å². The molecule has 0 radical (unpaired) electrons. The zero-order valence-electron chi connectivity index (χ0n) is 27.6. The number of hydrogen-bond acceptors (Lipinski definition) is 1. The van der Waals surface area contributed by atoms with Gasteiger partial charge in [0.2, 0.25) is 0 Å². The number of fused-ring (bicyclic) bond motifs is 9. The second kappa shape index (κ2) is 10.8. The van der Waals surface area contributed by atoms with Gasteiger partial charge < -0.3 is 13.6 Å². The van der Waals surface area contributed by atoms with Crippen LogP contribution in [0.4, 0.5) is 0 Å². The minimum Gasteiger partial charge on any atom is -0.455 e. The van der Waals surface area contributed by atoms with Gasteiger partial charge in [-0.05, 0) is 89.5 Å². The van der Waals surface area contributed by atoms with Crippen molar-refractivity contribution in [3.63, 3.8) is 0 Å². The van der Waals surface area contributed by atoms with Crippen molar-refractivity contribution >= 4 is 65.6 Å². The Balaban J connectivity index is 1.15. The van der Waals surface area contributed by atoms with Crippen molar-refractivity contribution in [1.29, 1.82) is 0 Å². The standard InChI is InChI=1S/C48H30N2O/c1-2-14-34(15-3-1)49-45-23-10-6-19-38(45)41-28-31(25-26-46(41)49)33-29-40(48-42(30-33)39-20-7-11-24-47(39)51-48)32-13-12-16-35(27-32)50-43-21-8-4-17-36(43)37-18-5-9-22-44(37)50/h1-30H. The van der Waals surface area contributed by atoms with Crippen molar-refractivity contribution in [2.75, 3.05) is 0 Å². The van der Waals surface area contributed by atoms with E-state index in [2.05, 4.69) is 185 Å². The second-order valence-corrected chi connectivity index (χ2v) is 13.3. The molecule has 0 aliphatic rings. The third-order valence-electron chi connectivity index (χ3n) is 10.5. The van der Waals surface area contributed by atoms with Crippen LogP contribution in [0.1, 0.15) is 0 Å². The van der Waals surface area contributed by atoms with E-state index in [1.165, 1.54) is 49.2 Å². The smallest absolute Gasteiger partial charge is 0.143 e. The van der Waals surface area contributed by atoms with E-state index >= 15 is 0 Å². The van der Waals surface area contributed by atoms with Gasteiger partial charge in [0.05, 0.1) is 22.1 Å². The van der Waals surface area contributed by atoms with Gasteiger partial charge in [0.15, 0.2) is 0 Å². The molecule has 0 amide bonds. The lowest BCUT2D eigenvalue weighted by Gasteiger charge is -2.12. The Bertz CT molecular complexity index is 3090. The zero-order chi connectivity index (χ0) is 33.5.